The van der Waals surface area contributed by atoms with Crippen molar-refractivity contribution in [2.24, 2.45) is 5.92 Å². The van der Waals surface area contributed by atoms with Gasteiger partial charge in [0.05, 0.1) is 5.69 Å². The van der Waals surface area contributed by atoms with Gasteiger partial charge in [0.15, 0.2) is 0 Å². The van der Waals surface area contributed by atoms with Crippen LogP contribution in [0, 0.1) is 12.8 Å². The molecule has 0 saturated carbocycles. The van der Waals surface area contributed by atoms with Crippen molar-refractivity contribution in [2.75, 3.05) is 18.4 Å². The minimum Gasteiger partial charge on any atom is -0.351 e. The van der Waals surface area contributed by atoms with Gasteiger partial charge in [-0.25, -0.2) is 0 Å². The lowest BCUT2D eigenvalue weighted by molar-refractivity contribution is 0.0697. The van der Waals surface area contributed by atoms with Gasteiger partial charge in [-0.3, -0.25) is 9.59 Å². The zero-order chi connectivity index (χ0) is 17.1. The van der Waals surface area contributed by atoms with Gasteiger partial charge in [-0.15, -0.1) is 0 Å². The van der Waals surface area contributed by atoms with Gasteiger partial charge in [-0.2, -0.15) is 0 Å². The van der Waals surface area contributed by atoms with Gasteiger partial charge in [0.1, 0.15) is 0 Å². The van der Waals surface area contributed by atoms with Gasteiger partial charge >= 0.3 is 0 Å². The predicted molar refractivity (Wildman–Crippen MR) is 89.9 cm³/mol. The number of carbonyl (C=O) groups is 2. The van der Waals surface area contributed by atoms with Gasteiger partial charge in [0.25, 0.3) is 11.8 Å². The van der Waals surface area contributed by atoms with E-state index in [1.807, 2.05) is 4.90 Å². The first-order valence-electron chi connectivity index (χ1n) is 8.17. The maximum atomic E-state index is 12.6. The van der Waals surface area contributed by atoms with Crippen LogP contribution in [0.25, 0.3) is 0 Å². The standard InChI is InChI=1S/C18H21N3O3/c1-12-6-8-21(9-7-12)18(23)14-4-3-5-15(11-14)19-17(22)16-10-13(2)20-24-16/h3-5,10-12H,6-9H2,1-2H3,(H,19,22). The van der Waals surface area contributed by atoms with E-state index in [9.17, 15) is 9.59 Å². The van der Waals surface area contributed by atoms with Crippen LogP contribution in [0.1, 0.15) is 46.4 Å². The summed E-state index contributed by atoms with van der Waals surface area (Å²) in [7, 11) is 0. The first-order chi connectivity index (χ1) is 11.5. The van der Waals surface area contributed by atoms with E-state index in [1.165, 1.54) is 0 Å². The van der Waals surface area contributed by atoms with Crippen molar-refractivity contribution in [1.82, 2.24) is 10.1 Å². The molecule has 1 N–H and O–H groups in total. The minimum atomic E-state index is -0.382. The molecular weight excluding hydrogens is 306 g/mol. The molecule has 1 fully saturated rings. The fourth-order valence-corrected chi connectivity index (χ4v) is 2.79. The summed E-state index contributed by atoms with van der Waals surface area (Å²) in [5.41, 5.74) is 1.78. The number of carbonyl (C=O) groups excluding carboxylic acids is 2. The summed E-state index contributed by atoms with van der Waals surface area (Å²) in [4.78, 5) is 26.6. The molecule has 6 nitrogen and oxygen atoms in total. The Morgan fingerprint density at radius 1 is 1.25 bits per heavy atom. The van der Waals surface area contributed by atoms with Gasteiger partial charge in [0.2, 0.25) is 5.76 Å². The molecule has 6 heteroatoms. The van der Waals surface area contributed by atoms with Crippen molar-refractivity contribution >= 4 is 17.5 Å². The predicted octanol–water partition coefficient (Wildman–Crippen LogP) is 3.11. The lowest BCUT2D eigenvalue weighted by Gasteiger charge is -2.30. The van der Waals surface area contributed by atoms with Crippen LogP contribution in [0.4, 0.5) is 5.69 Å². The molecule has 1 saturated heterocycles. The highest BCUT2D eigenvalue weighted by atomic mass is 16.5. The number of rotatable bonds is 3. The number of aromatic nitrogens is 1. The summed E-state index contributed by atoms with van der Waals surface area (Å²) in [6.07, 6.45) is 2.07. The lowest BCUT2D eigenvalue weighted by atomic mass is 9.98. The Morgan fingerprint density at radius 3 is 2.67 bits per heavy atom. The van der Waals surface area contributed by atoms with Crippen molar-refractivity contribution in [1.29, 1.82) is 0 Å². The number of likely N-dealkylation sites (tertiary alicyclic amines) is 1. The van der Waals surface area contributed by atoms with Crippen LogP contribution in [-0.2, 0) is 0 Å². The van der Waals surface area contributed by atoms with Crippen LogP contribution in [0.3, 0.4) is 0 Å². The van der Waals surface area contributed by atoms with E-state index < -0.39 is 0 Å². The SMILES string of the molecule is Cc1cc(C(=O)Nc2cccc(C(=O)N3CCC(C)CC3)c2)on1. The minimum absolute atomic E-state index is 0.00788. The number of anilines is 1. The van der Waals surface area contributed by atoms with Gasteiger partial charge in [-0.05, 0) is 43.9 Å². The number of benzene rings is 1. The lowest BCUT2D eigenvalue weighted by Crippen LogP contribution is -2.37. The van der Waals surface area contributed by atoms with E-state index in [1.54, 1.807) is 37.3 Å². The third kappa shape index (κ3) is 3.64. The van der Waals surface area contributed by atoms with Crippen LogP contribution < -0.4 is 5.32 Å². The molecule has 0 bridgehead atoms. The number of aryl methyl sites for hydroxylation is 1. The van der Waals surface area contributed by atoms with Gasteiger partial charge in [0, 0.05) is 30.4 Å². The average Bonchev–Trinajstić information content (AvgIpc) is 3.02. The van der Waals surface area contributed by atoms with Crippen molar-refractivity contribution < 1.29 is 14.1 Å². The number of nitrogens with zero attached hydrogens (tertiary/aromatic N) is 2. The molecule has 2 aromatic rings. The van der Waals surface area contributed by atoms with E-state index in [0.29, 0.717) is 22.9 Å². The van der Waals surface area contributed by atoms with Crippen LogP contribution in [0.15, 0.2) is 34.9 Å². The normalized spacial score (nSPS) is 15.3. The van der Waals surface area contributed by atoms with Crippen LogP contribution in [0.5, 0.6) is 0 Å². The van der Waals surface area contributed by atoms with Crippen LogP contribution in [0.2, 0.25) is 0 Å². The van der Waals surface area contributed by atoms with E-state index in [4.69, 9.17) is 4.52 Å². The van der Waals surface area contributed by atoms with Gasteiger partial charge in [-0.1, -0.05) is 18.1 Å². The van der Waals surface area contributed by atoms with Crippen molar-refractivity contribution in [3.8, 4) is 0 Å². The molecule has 2 amide bonds. The van der Waals surface area contributed by atoms with Crippen LogP contribution in [-0.4, -0.2) is 35.0 Å². The molecule has 2 heterocycles. The quantitative estimate of drug-likeness (QED) is 0.940. The molecule has 1 aliphatic rings. The maximum Gasteiger partial charge on any atom is 0.294 e. The Kier molecular flexibility index (Phi) is 4.64. The third-order valence-corrected chi connectivity index (χ3v) is 4.29. The Bertz CT molecular complexity index is 745. The molecule has 0 unspecified atom stereocenters. The Balaban J connectivity index is 1.69. The van der Waals surface area contributed by atoms with Crippen molar-refractivity contribution in [2.45, 2.75) is 26.7 Å². The highest BCUT2D eigenvalue weighted by molar-refractivity contribution is 6.03. The Labute approximate surface area is 140 Å². The zero-order valence-corrected chi connectivity index (χ0v) is 13.9. The smallest absolute Gasteiger partial charge is 0.294 e. The van der Waals surface area contributed by atoms with Crippen molar-refractivity contribution in [3.05, 3.63) is 47.3 Å². The van der Waals surface area contributed by atoms with E-state index in [-0.39, 0.29) is 17.6 Å². The monoisotopic (exact) mass is 327 g/mol. The molecule has 24 heavy (non-hydrogen) atoms. The second kappa shape index (κ2) is 6.86. The summed E-state index contributed by atoms with van der Waals surface area (Å²) >= 11 is 0. The second-order valence-corrected chi connectivity index (χ2v) is 6.34. The topological polar surface area (TPSA) is 75.4 Å². The second-order valence-electron chi connectivity index (χ2n) is 6.34. The van der Waals surface area contributed by atoms with E-state index in [2.05, 4.69) is 17.4 Å². The summed E-state index contributed by atoms with van der Waals surface area (Å²) in [6, 6.07) is 8.55. The van der Waals surface area contributed by atoms with Crippen LogP contribution >= 0.6 is 0 Å². The molecule has 126 valence electrons. The number of nitrogens with one attached hydrogen (secondary N) is 1. The van der Waals surface area contributed by atoms with Crippen molar-refractivity contribution in [3.63, 3.8) is 0 Å². The third-order valence-electron chi connectivity index (χ3n) is 4.29. The highest BCUT2D eigenvalue weighted by Gasteiger charge is 2.21. The Morgan fingerprint density at radius 2 is 2.00 bits per heavy atom. The average molecular weight is 327 g/mol. The first kappa shape index (κ1) is 16.2. The number of hydrogen-bond donors (Lipinski definition) is 1. The van der Waals surface area contributed by atoms with E-state index >= 15 is 0 Å². The fraction of sp³-hybridized carbons (Fsp3) is 0.389. The number of piperidine rings is 1. The molecule has 0 atom stereocenters. The van der Waals surface area contributed by atoms with E-state index in [0.717, 1.165) is 25.9 Å². The summed E-state index contributed by atoms with van der Waals surface area (Å²) in [5.74, 6) is 0.444. The first-order valence-corrected chi connectivity index (χ1v) is 8.17. The molecular formula is C18H21N3O3. The molecule has 0 spiro atoms. The maximum absolute atomic E-state index is 12.6. The molecule has 0 radical (unpaired) electrons. The number of amides is 2. The summed E-state index contributed by atoms with van der Waals surface area (Å²) in [5, 5.41) is 6.43. The summed E-state index contributed by atoms with van der Waals surface area (Å²) < 4.78 is 4.94. The fourth-order valence-electron chi connectivity index (χ4n) is 2.79. The molecule has 1 aromatic heterocycles. The zero-order valence-electron chi connectivity index (χ0n) is 13.9. The molecule has 1 aliphatic heterocycles. The summed E-state index contributed by atoms with van der Waals surface area (Å²) in [6.45, 7) is 5.53. The number of hydrogen-bond acceptors (Lipinski definition) is 4. The molecule has 3 rings (SSSR count). The molecule has 0 aliphatic carbocycles. The Hall–Kier alpha value is -2.63. The largest absolute Gasteiger partial charge is 0.351 e. The van der Waals surface area contributed by atoms with Gasteiger partial charge < -0.3 is 14.7 Å². The highest BCUT2D eigenvalue weighted by Crippen LogP contribution is 2.20. The molecule has 1 aromatic carbocycles.